The molecule has 0 unspecified atom stereocenters. The Labute approximate surface area is 158 Å². The molecule has 1 aromatic heterocycles. The van der Waals surface area contributed by atoms with Crippen molar-refractivity contribution in [3.05, 3.63) is 70.6 Å². The number of carbonyl (C=O) groups excluding carboxylic acids is 1. The molecule has 0 bridgehead atoms. The number of hydrogen-bond donors (Lipinski definition) is 1. The Morgan fingerprint density at radius 3 is 2.63 bits per heavy atom. The van der Waals surface area contributed by atoms with Crippen molar-refractivity contribution in [2.75, 3.05) is 12.4 Å². The number of carbonyl (C=O) groups is 1. The Balaban J connectivity index is 1.80. The molecule has 140 valence electrons. The molecule has 0 saturated heterocycles. The van der Waals surface area contributed by atoms with E-state index in [1.807, 2.05) is 50.2 Å². The fraction of sp³-hybridized carbons (Fsp3) is 0.238. The van der Waals surface area contributed by atoms with Crippen molar-refractivity contribution in [1.82, 2.24) is 5.16 Å². The summed E-state index contributed by atoms with van der Waals surface area (Å²) in [5.41, 5.74) is 3.41. The number of hydrogen-bond acceptors (Lipinski definition) is 5. The molecule has 0 fully saturated rings. The van der Waals surface area contributed by atoms with Crippen molar-refractivity contribution in [1.29, 1.82) is 0 Å². The summed E-state index contributed by atoms with van der Waals surface area (Å²) in [5.74, 6) is 1.50. The van der Waals surface area contributed by atoms with Gasteiger partial charge in [-0.05, 0) is 50.1 Å². The van der Waals surface area contributed by atoms with Gasteiger partial charge in [0.2, 0.25) is 0 Å². The van der Waals surface area contributed by atoms with Crippen LogP contribution in [0.15, 0.2) is 47.0 Å². The van der Waals surface area contributed by atoms with Gasteiger partial charge in [-0.15, -0.1) is 0 Å². The number of ether oxygens (including phenoxy) is 2. The largest absolute Gasteiger partial charge is 0.495 e. The van der Waals surface area contributed by atoms with Crippen molar-refractivity contribution < 1.29 is 18.8 Å². The Hall–Kier alpha value is -3.28. The van der Waals surface area contributed by atoms with E-state index in [9.17, 15) is 4.79 Å². The van der Waals surface area contributed by atoms with E-state index in [-0.39, 0.29) is 18.2 Å². The molecule has 0 spiro atoms. The Morgan fingerprint density at radius 1 is 1.11 bits per heavy atom. The molecule has 1 N–H and O–H groups in total. The minimum atomic E-state index is -0.376. The average Bonchev–Trinajstić information content (AvgIpc) is 3.02. The minimum absolute atomic E-state index is 0.188. The summed E-state index contributed by atoms with van der Waals surface area (Å²) in [6, 6.07) is 13.3. The Bertz CT molecular complexity index is 963. The molecular weight excluding hydrogens is 344 g/mol. The van der Waals surface area contributed by atoms with Crippen molar-refractivity contribution in [2.24, 2.45) is 0 Å². The van der Waals surface area contributed by atoms with Gasteiger partial charge in [0, 0.05) is 0 Å². The summed E-state index contributed by atoms with van der Waals surface area (Å²) in [6.07, 6.45) is 0. The van der Waals surface area contributed by atoms with Crippen molar-refractivity contribution >= 4 is 11.6 Å². The maximum absolute atomic E-state index is 12.8. The molecule has 2 aromatic carbocycles. The van der Waals surface area contributed by atoms with E-state index in [4.69, 9.17) is 14.0 Å². The van der Waals surface area contributed by atoms with Gasteiger partial charge in [0.15, 0.2) is 5.69 Å². The molecule has 0 atom stereocenters. The fourth-order valence-corrected chi connectivity index (χ4v) is 2.71. The van der Waals surface area contributed by atoms with Gasteiger partial charge in [-0.3, -0.25) is 4.79 Å². The van der Waals surface area contributed by atoms with E-state index in [0.717, 1.165) is 16.9 Å². The first-order chi connectivity index (χ1) is 13.0. The first-order valence-electron chi connectivity index (χ1n) is 8.59. The van der Waals surface area contributed by atoms with Crippen LogP contribution in [0.2, 0.25) is 0 Å². The number of aromatic nitrogens is 1. The lowest BCUT2D eigenvalue weighted by atomic mass is 10.1. The number of nitrogens with zero attached hydrogens (tertiary/aromatic N) is 1. The number of para-hydroxylation sites is 1. The van der Waals surface area contributed by atoms with Crippen LogP contribution in [0.25, 0.3) is 0 Å². The lowest BCUT2D eigenvalue weighted by Gasteiger charge is -2.11. The number of methoxy groups -OCH3 is 1. The third-order valence-corrected chi connectivity index (χ3v) is 4.27. The zero-order chi connectivity index (χ0) is 19.4. The highest BCUT2D eigenvalue weighted by Crippen LogP contribution is 2.27. The number of rotatable bonds is 6. The SMILES string of the molecule is COc1ccc(C)cc1NC(=O)c1noc(C)c1COc1ccccc1C. The maximum atomic E-state index is 12.8. The molecule has 0 aliphatic rings. The first kappa shape index (κ1) is 18.5. The lowest BCUT2D eigenvalue weighted by molar-refractivity contribution is 0.101. The van der Waals surface area contributed by atoms with Gasteiger partial charge >= 0.3 is 0 Å². The quantitative estimate of drug-likeness (QED) is 0.698. The maximum Gasteiger partial charge on any atom is 0.278 e. The monoisotopic (exact) mass is 366 g/mol. The van der Waals surface area contributed by atoms with Crippen LogP contribution >= 0.6 is 0 Å². The molecule has 6 heteroatoms. The minimum Gasteiger partial charge on any atom is -0.495 e. The van der Waals surface area contributed by atoms with E-state index in [2.05, 4.69) is 10.5 Å². The number of nitrogens with one attached hydrogen (secondary N) is 1. The number of benzene rings is 2. The van der Waals surface area contributed by atoms with Crippen LogP contribution in [0.4, 0.5) is 5.69 Å². The van der Waals surface area contributed by atoms with Crippen LogP contribution in [0.1, 0.15) is 32.9 Å². The molecule has 6 nitrogen and oxygen atoms in total. The average molecular weight is 366 g/mol. The van der Waals surface area contributed by atoms with Gasteiger partial charge < -0.3 is 19.3 Å². The summed E-state index contributed by atoms with van der Waals surface area (Å²) >= 11 is 0. The van der Waals surface area contributed by atoms with E-state index < -0.39 is 0 Å². The number of amides is 1. The summed E-state index contributed by atoms with van der Waals surface area (Å²) < 4.78 is 16.4. The number of aryl methyl sites for hydroxylation is 3. The van der Waals surface area contributed by atoms with Crippen molar-refractivity contribution in [3.8, 4) is 11.5 Å². The van der Waals surface area contributed by atoms with Gasteiger partial charge in [-0.1, -0.05) is 29.4 Å². The Kier molecular flexibility index (Phi) is 5.45. The highest BCUT2D eigenvalue weighted by Gasteiger charge is 2.21. The predicted octanol–water partition coefficient (Wildman–Crippen LogP) is 4.44. The molecule has 3 aromatic rings. The smallest absolute Gasteiger partial charge is 0.278 e. The third-order valence-electron chi connectivity index (χ3n) is 4.27. The molecule has 1 amide bonds. The normalized spacial score (nSPS) is 10.5. The fourth-order valence-electron chi connectivity index (χ4n) is 2.71. The van der Waals surface area contributed by atoms with Gasteiger partial charge in [-0.2, -0.15) is 0 Å². The second-order valence-electron chi connectivity index (χ2n) is 6.28. The summed E-state index contributed by atoms with van der Waals surface area (Å²) in [4.78, 5) is 12.8. The standard InChI is InChI=1S/C21H22N2O4/c1-13-9-10-19(25-4)17(11-13)22-21(24)20-16(15(3)27-23-20)12-26-18-8-6-5-7-14(18)2/h5-11H,12H2,1-4H3,(H,22,24). The van der Waals surface area contributed by atoms with Gasteiger partial charge in [0.05, 0.1) is 18.4 Å². The predicted molar refractivity (Wildman–Crippen MR) is 102 cm³/mol. The first-order valence-corrected chi connectivity index (χ1v) is 8.59. The molecular formula is C21H22N2O4. The molecule has 3 rings (SSSR count). The topological polar surface area (TPSA) is 73.6 Å². The molecule has 0 aliphatic carbocycles. The van der Waals surface area contributed by atoms with Crippen molar-refractivity contribution in [2.45, 2.75) is 27.4 Å². The van der Waals surface area contributed by atoms with Crippen molar-refractivity contribution in [3.63, 3.8) is 0 Å². The highest BCUT2D eigenvalue weighted by molar-refractivity contribution is 6.04. The Morgan fingerprint density at radius 2 is 1.89 bits per heavy atom. The third kappa shape index (κ3) is 4.11. The summed E-state index contributed by atoms with van der Waals surface area (Å²) in [7, 11) is 1.56. The van der Waals surface area contributed by atoms with E-state index in [1.54, 1.807) is 20.1 Å². The zero-order valence-electron chi connectivity index (χ0n) is 15.8. The molecule has 0 radical (unpaired) electrons. The van der Waals surface area contributed by atoms with Gasteiger partial charge in [-0.25, -0.2) is 0 Å². The van der Waals surface area contributed by atoms with Crippen LogP contribution in [0, 0.1) is 20.8 Å². The summed E-state index contributed by atoms with van der Waals surface area (Å²) in [6.45, 7) is 5.85. The van der Waals surface area contributed by atoms with E-state index >= 15 is 0 Å². The second kappa shape index (κ2) is 7.95. The molecule has 1 heterocycles. The lowest BCUT2D eigenvalue weighted by Crippen LogP contribution is -2.16. The highest BCUT2D eigenvalue weighted by atomic mass is 16.5. The van der Waals surface area contributed by atoms with E-state index in [1.165, 1.54) is 0 Å². The molecule has 0 aliphatic heterocycles. The zero-order valence-corrected chi connectivity index (χ0v) is 15.8. The van der Waals surface area contributed by atoms with Crippen LogP contribution in [0.5, 0.6) is 11.5 Å². The molecule has 27 heavy (non-hydrogen) atoms. The van der Waals surface area contributed by atoms with Crippen LogP contribution in [0.3, 0.4) is 0 Å². The van der Waals surface area contributed by atoms with Crippen LogP contribution in [-0.2, 0) is 6.61 Å². The molecule has 0 saturated carbocycles. The van der Waals surface area contributed by atoms with Crippen LogP contribution in [-0.4, -0.2) is 18.2 Å². The van der Waals surface area contributed by atoms with Gasteiger partial charge in [0.1, 0.15) is 23.9 Å². The van der Waals surface area contributed by atoms with Gasteiger partial charge in [0.25, 0.3) is 5.91 Å². The van der Waals surface area contributed by atoms with E-state index in [0.29, 0.717) is 22.8 Å². The van der Waals surface area contributed by atoms with Crippen LogP contribution < -0.4 is 14.8 Å². The number of anilines is 1. The second-order valence-corrected chi connectivity index (χ2v) is 6.28. The summed E-state index contributed by atoms with van der Waals surface area (Å²) in [5, 5.41) is 6.76.